The van der Waals surface area contributed by atoms with Gasteiger partial charge in [0.05, 0.1) is 19.8 Å². The highest BCUT2D eigenvalue weighted by Gasteiger charge is 2.02. The van der Waals surface area contributed by atoms with E-state index in [0.717, 1.165) is 0 Å². The molecule has 0 aliphatic rings. The van der Waals surface area contributed by atoms with Crippen LogP contribution >= 0.6 is 0 Å². The summed E-state index contributed by atoms with van der Waals surface area (Å²) in [7, 11) is 0. The van der Waals surface area contributed by atoms with E-state index in [4.69, 9.17) is 9.47 Å². The van der Waals surface area contributed by atoms with Gasteiger partial charge in [0.2, 0.25) is 0 Å². The third-order valence-corrected chi connectivity index (χ3v) is 2.09. The summed E-state index contributed by atoms with van der Waals surface area (Å²) in [6.07, 6.45) is 2.07. The lowest BCUT2D eigenvalue weighted by Crippen LogP contribution is -2.08. The summed E-state index contributed by atoms with van der Waals surface area (Å²) < 4.78 is 10.3. The van der Waals surface area contributed by atoms with Crippen molar-refractivity contribution in [2.75, 3.05) is 26.4 Å². The average molecular weight is 230 g/mol. The van der Waals surface area contributed by atoms with Crippen molar-refractivity contribution >= 4 is 11.6 Å². The maximum Gasteiger partial charge on any atom is 0.135 e. The van der Waals surface area contributed by atoms with Gasteiger partial charge >= 0.3 is 0 Å². The Kier molecular flexibility index (Phi) is 10.3. The standard InChI is InChI=1S/C12H22O4/c1-3-15-9-10-16-8-7-12(14)6-4-5-11(2)13/h3-10H2,1-2H3. The number of Topliss-reactive ketones (excluding diaryl/α,β-unsaturated/α-hetero) is 2. The first-order valence-corrected chi connectivity index (χ1v) is 5.83. The van der Waals surface area contributed by atoms with Crippen LogP contribution in [0.1, 0.15) is 39.5 Å². The summed E-state index contributed by atoms with van der Waals surface area (Å²) in [6, 6.07) is 0. The number of carbonyl (C=O) groups excluding carboxylic acids is 2. The molecule has 0 rings (SSSR count). The lowest BCUT2D eigenvalue weighted by molar-refractivity contribution is -0.120. The highest BCUT2D eigenvalue weighted by molar-refractivity contribution is 5.80. The number of rotatable bonds is 11. The summed E-state index contributed by atoms with van der Waals surface area (Å²) in [4.78, 5) is 21.9. The van der Waals surface area contributed by atoms with E-state index < -0.39 is 0 Å². The van der Waals surface area contributed by atoms with Gasteiger partial charge in [0, 0.05) is 25.9 Å². The molecule has 0 atom stereocenters. The van der Waals surface area contributed by atoms with E-state index in [2.05, 4.69) is 0 Å². The van der Waals surface area contributed by atoms with Crippen LogP contribution < -0.4 is 0 Å². The molecule has 0 aromatic heterocycles. The molecule has 0 radical (unpaired) electrons. The van der Waals surface area contributed by atoms with E-state index in [1.807, 2.05) is 6.92 Å². The van der Waals surface area contributed by atoms with Crippen LogP contribution in [0.5, 0.6) is 0 Å². The number of ketones is 2. The Morgan fingerprint density at radius 3 is 2.25 bits per heavy atom. The molecule has 0 saturated carbocycles. The van der Waals surface area contributed by atoms with Crippen LogP contribution in [0.4, 0.5) is 0 Å². The quantitative estimate of drug-likeness (QED) is 0.507. The average Bonchev–Trinajstić information content (AvgIpc) is 2.22. The largest absolute Gasteiger partial charge is 0.379 e. The van der Waals surface area contributed by atoms with Crippen molar-refractivity contribution < 1.29 is 19.1 Å². The van der Waals surface area contributed by atoms with E-state index in [1.54, 1.807) is 6.92 Å². The molecule has 0 heterocycles. The molecule has 0 aromatic carbocycles. The third kappa shape index (κ3) is 11.3. The van der Waals surface area contributed by atoms with E-state index in [0.29, 0.717) is 52.1 Å². The first-order valence-electron chi connectivity index (χ1n) is 5.83. The van der Waals surface area contributed by atoms with E-state index >= 15 is 0 Å². The second-order valence-corrected chi connectivity index (χ2v) is 3.65. The molecule has 0 aliphatic heterocycles. The fraction of sp³-hybridized carbons (Fsp3) is 0.833. The number of hydrogen-bond acceptors (Lipinski definition) is 4. The molecule has 0 saturated heterocycles. The second-order valence-electron chi connectivity index (χ2n) is 3.65. The van der Waals surface area contributed by atoms with Gasteiger partial charge in [-0.2, -0.15) is 0 Å². The lowest BCUT2D eigenvalue weighted by atomic mass is 10.1. The van der Waals surface area contributed by atoms with Crippen LogP contribution in [-0.4, -0.2) is 38.0 Å². The fourth-order valence-electron chi connectivity index (χ4n) is 1.21. The summed E-state index contributed by atoms with van der Waals surface area (Å²) in [6.45, 7) is 5.72. The van der Waals surface area contributed by atoms with Crippen LogP contribution in [0, 0.1) is 0 Å². The molecule has 0 amide bonds. The van der Waals surface area contributed by atoms with Gasteiger partial charge in [-0.15, -0.1) is 0 Å². The fourth-order valence-corrected chi connectivity index (χ4v) is 1.21. The highest BCUT2D eigenvalue weighted by atomic mass is 16.5. The molecule has 0 spiro atoms. The van der Waals surface area contributed by atoms with Gasteiger partial charge in [-0.1, -0.05) is 0 Å². The molecule has 4 heteroatoms. The maximum absolute atomic E-state index is 11.3. The van der Waals surface area contributed by atoms with Gasteiger partial charge in [0.15, 0.2) is 0 Å². The predicted octanol–water partition coefficient (Wildman–Crippen LogP) is 1.76. The molecular weight excluding hydrogens is 208 g/mol. The summed E-state index contributed by atoms with van der Waals surface area (Å²) >= 11 is 0. The molecule has 4 nitrogen and oxygen atoms in total. The topological polar surface area (TPSA) is 52.6 Å². The van der Waals surface area contributed by atoms with E-state index in [1.165, 1.54) is 0 Å². The summed E-state index contributed by atoms with van der Waals surface area (Å²) in [5, 5.41) is 0. The van der Waals surface area contributed by atoms with Crippen molar-refractivity contribution in [1.29, 1.82) is 0 Å². The molecule has 16 heavy (non-hydrogen) atoms. The molecule has 0 bridgehead atoms. The Labute approximate surface area is 97.3 Å². The van der Waals surface area contributed by atoms with Gasteiger partial charge in [0.25, 0.3) is 0 Å². The minimum Gasteiger partial charge on any atom is -0.379 e. The number of carbonyl (C=O) groups is 2. The lowest BCUT2D eigenvalue weighted by Gasteiger charge is -2.03. The van der Waals surface area contributed by atoms with Crippen molar-refractivity contribution in [1.82, 2.24) is 0 Å². The Bertz CT molecular complexity index is 201. The molecule has 0 aromatic rings. The van der Waals surface area contributed by atoms with Crippen molar-refractivity contribution in [3.8, 4) is 0 Å². The number of ether oxygens (including phenoxy) is 2. The van der Waals surface area contributed by atoms with E-state index in [-0.39, 0.29) is 11.6 Å². The first-order chi connectivity index (χ1) is 7.66. The van der Waals surface area contributed by atoms with Crippen LogP contribution in [0.3, 0.4) is 0 Å². The molecule has 0 aliphatic carbocycles. The molecular formula is C12H22O4. The maximum atomic E-state index is 11.3. The number of hydrogen-bond donors (Lipinski definition) is 0. The highest BCUT2D eigenvalue weighted by Crippen LogP contribution is 2.00. The zero-order valence-electron chi connectivity index (χ0n) is 10.3. The van der Waals surface area contributed by atoms with Gasteiger partial charge in [-0.25, -0.2) is 0 Å². The molecule has 0 unspecified atom stereocenters. The smallest absolute Gasteiger partial charge is 0.135 e. The van der Waals surface area contributed by atoms with Crippen LogP contribution in [0.2, 0.25) is 0 Å². The third-order valence-electron chi connectivity index (χ3n) is 2.09. The molecule has 0 fully saturated rings. The predicted molar refractivity (Wildman–Crippen MR) is 61.5 cm³/mol. The van der Waals surface area contributed by atoms with Crippen LogP contribution in [0.15, 0.2) is 0 Å². The SMILES string of the molecule is CCOCCOCCC(=O)CCCC(C)=O. The Balaban J connectivity index is 3.20. The van der Waals surface area contributed by atoms with Crippen molar-refractivity contribution in [2.24, 2.45) is 0 Å². The first kappa shape index (κ1) is 15.3. The Hall–Kier alpha value is -0.740. The van der Waals surface area contributed by atoms with Gasteiger partial charge in [-0.05, 0) is 20.3 Å². The van der Waals surface area contributed by atoms with Crippen LogP contribution in [-0.2, 0) is 19.1 Å². The van der Waals surface area contributed by atoms with Gasteiger partial charge in [-0.3, -0.25) is 4.79 Å². The van der Waals surface area contributed by atoms with Gasteiger partial charge < -0.3 is 14.3 Å². The van der Waals surface area contributed by atoms with Crippen molar-refractivity contribution in [3.63, 3.8) is 0 Å². The Morgan fingerprint density at radius 1 is 0.938 bits per heavy atom. The molecule has 94 valence electrons. The molecule has 0 N–H and O–H groups in total. The zero-order chi connectivity index (χ0) is 12.2. The van der Waals surface area contributed by atoms with Crippen molar-refractivity contribution in [3.05, 3.63) is 0 Å². The minimum atomic E-state index is 0.140. The zero-order valence-corrected chi connectivity index (χ0v) is 10.3. The van der Waals surface area contributed by atoms with E-state index in [9.17, 15) is 9.59 Å². The summed E-state index contributed by atoms with van der Waals surface area (Å²) in [5.41, 5.74) is 0. The normalized spacial score (nSPS) is 10.4. The Morgan fingerprint density at radius 2 is 1.62 bits per heavy atom. The summed E-state index contributed by atoms with van der Waals surface area (Å²) in [5.74, 6) is 0.304. The second kappa shape index (κ2) is 10.8. The van der Waals surface area contributed by atoms with Crippen LogP contribution in [0.25, 0.3) is 0 Å². The van der Waals surface area contributed by atoms with Gasteiger partial charge in [0.1, 0.15) is 11.6 Å². The van der Waals surface area contributed by atoms with Crippen molar-refractivity contribution in [2.45, 2.75) is 39.5 Å². The minimum absolute atomic E-state index is 0.140. The monoisotopic (exact) mass is 230 g/mol.